The van der Waals surface area contributed by atoms with Gasteiger partial charge >= 0.3 is 0 Å². The third-order valence-electron chi connectivity index (χ3n) is 2.29. The van der Waals surface area contributed by atoms with Crippen LogP contribution < -0.4 is 0 Å². The Hall–Kier alpha value is -0.260. The van der Waals surface area contributed by atoms with Crippen molar-refractivity contribution in [3.63, 3.8) is 0 Å². The molecule has 14 heavy (non-hydrogen) atoms. The Bertz CT molecular complexity index is 96.6. The van der Waals surface area contributed by atoms with E-state index >= 15 is 0 Å². The molecule has 0 aromatic heterocycles. The Morgan fingerprint density at radius 2 is 1.29 bits per heavy atom. The molecule has 0 aromatic carbocycles. The van der Waals surface area contributed by atoms with Crippen LogP contribution >= 0.6 is 0 Å². The Labute approximate surface area is 92.8 Å². The van der Waals surface area contributed by atoms with Crippen LogP contribution in [0.3, 0.4) is 0 Å². The van der Waals surface area contributed by atoms with E-state index in [1.165, 1.54) is 19.3 Å². The molecule has 0 aliphatic carbocycles. The minimum Gasteiger partial charge on any atom is -0.0882 e. The van der Waals surface area contributed by atoms with Crippen molar-refractivity contribution in [3.8, 4) is 0 Å². The van der Waals surface area contributed by atoms with Gasteiger partial charge < -0.3 is 0 Å². The number of allylic oxidation sites excluding steroid dienone is 2. The average molecular weight is 200 g/mol. The second-order valence-corrected chi connectivity index (χ2v) is 2.73. The highest BCUT2D eigenvalue weighted by molar-refractivity contribution is 5.03. The summed E-state index contributed by atoms with van der Waals surface area (Å²) in [5.41, 5.74) is 1.63. The largest absolute Gasteiger partial charge is 0.0882 e. The summed E-state index contributed by atoms with van der Waals surface area (Å²) in [6.07, 6.45) is 6.09. The summed E-state index contributed by atoms with van der Waals surface area (Å²) in [7, 11) is 0. The molecule has 0 saturated heterocycles. The monoisotopic (exact) mass is 200 g/mol. The predicted octanol–water partition coefficient (Wildman–Crippen LogP) is 5.83. The van der Waals surface area contributed by atoms with Crippen molar-refractivity contribution in [1.82, 2.24) is 0 Å². The molecule has 0 unspecified atom stereocenters. The molecule has 0 heteroatoms. The average Bonchev–Trinajstić information content (AvgIpc) is 2.31. The van der Waals surface area contributed by atoms with Crippen LogP contribution in [0.2, 0.25) is 0 Å². The topological polar surface area (TPSA) is 0 Å². The van der Waals surface area contributed by atoms with Gasteiger partial charge in [0.1, 0.15) is 0 Å². The lowest BCUT2D eigenvalue weighted by Crippen LogP contribution is -1.99. The van der Waals surface area contributed by atoms with Crippen molar-refractivity contribution in [3.05, 3.63) is 11.6 Å². The molecule has 0 aliphatic heterocycles. The van der Waals surface area contributed by atoms with Crippen LogP contribution in [0.5, 0.6) is 0 Å². The normalized spacial score (nSPS) is 9.93. The van der Waals surface area contributed by atoms with Crippen molar-refractivity contribution < 1.29 is 0 Å². The Kier molecular flexibility index (Phi) is 25.6. The first kappa shape index (κ1) is 19.3. The van der Waals surface area contributed by atoms with Crippen molar-refractivity contribution in [2.75, 3.05) is 0 Å². The molecule has 0 fully saturated rings. The van der Waals surface area contributed by atoms with Crippen LogP contribution in [0.15, 0.2) is 11.6 Å². The van der Waals surface area contributed by atoms with Gasteiger partial charge in [-0.15, -0.1) is 0 Å². The highest BCUT2D eigenvalue weighted by Crippen LogP contribution is 2.20. The standard InChI is InChI=1S/C10H20.2C2H6/c1-5-9(6-2)10(7-3)8-4;2*1-2/h5,10H,6-8H2,1-4H3;2*1-2H3/b9-5-;;. The van der Waals surface area contributed by atoms with Gasteiger partial charge in [-0.25, -0.2) is 0 Å². The highest BCUT2D eigenvalue weighted by atomic mass is 14.1. The lowest BCUT2D eigenvalue weighted by molar-refractivity contribution is 0.555. The Morgan fingerprint density at radius 1 is 0.929 bits per heavy atom. The lowest BCUT2D eigenvalue weighted by atomic mass is 9.92. The molecule has 0 saturated carbocycles. The maximum absolute atomic E-state index is 2.28. The van der Waals surface area contributed by atoms with Crippen LogP contribution in [0.1, 0.15) is 74.7 Å². The third-order valence-corrected chi connectivity index (χ3v) is 2.29. The molecule has 0 atom stereocenters. The van der Waals surface area contributed by atoms with Crippen molar-refractivity contribution in [2.24, 2.45) is 5.92 Å². The predicted molar refractivity (Wildman–Crippen MR) is 70.8 cm³/mol. The minimum atomic E-state index is 0.843. The summed E-state index contributed by atoms with van der Waals surface area (Å²) in [6.45, 7) is 16.9. The Morgan fingerprint density at radius 3 is 1.36 bits per heavy atom. The molecule has 0 bridgehead atoms. The van der Waals surface area contributed by atoms with Crippen molar-refractivity contribution >= 4 is 0 Å². The molecule has 0 heterocycles. The van der Waals surface area contributed by atoms with Crippen molar-refractivity contribution in [1.29, 1.82) is 0 Å². The van der Waals surface area contributed by atoms with Crippen molar-refractivity contribution in [2.45, 2.75) is 74.7 Å². The molecular weight excluding hydrogens is 168 g/mol. The van der Waals surface area contributed by atoms with Gasteiger partial charge in [0.05, 0.1) is 0 Å². The van der Waals surface area contributed by atoms with E-state index in [0.717, 1.165) is 5.92 Å². The SMILES string of the molecule is C/C=C(/CC)C(CC)CC.CC.CC. The zero-order valence-corrected chi connectivity index (χ0v) is 11.8. The first-order valence-corrected chi connectivity index (χ1v) is 6.45. The summed E-state index contributed by atoms with van der Waals surface area (Å²) >= 11 is 0. The fourth-order valence-electron chi connectivity index (χ4n) is 1.54. The van der Waals surface area contributed by atoms with E-state index in [1.807, 2.05) is 27.7 Å². The molecule has 0 rings (SSSR count). The van der Waals surface area contributed by atoms with E-state index < -0.39 is 0 Å². The first-order chi connectivity index (χ1) is 6.79. The maximum atomic E-state index is 2.28. The van der Waals surface area contributed by atoms with Gasteiger partial charge in [-0.1, -0.05) is 60.1 Å². The van der Waals surface area contributed by atoms with Gasteiger partial charge in [0.2, 0.25) is 0 Å². The summed E-state index contributed by atoms with van der Waals surface area (Å²) in [4.78, 5) is 0. The second-order valence-electron chi connectivity index (χ2n) is 2.73. The van der Waals surface area contributed by atoms with Gasteiger partial charge in [-0.05, 0) is 32.1 Å². The molecule has 88 valence electrons. The number of rotatable bonds is 4. The summed E-state index contributed by atoms with van der Waals surface area (Å²) < 4.78 is 0. The lowest BCUT2D eigenvalue weighted by Gasteiger charge is -2.14. The molecule has 0 amide bonds. The summed E-state index contributed by atoms with van der Waals surface area (Å²) in [5, 5.41) is 0. The first-order valence-electron chi connectivity index (χ1n) is 6.45. The van der Waals surface area contributed by atoms with Gasteiger partial charge in [0.15, 0.2) is 0 Å². The molecule has 0 aromatic rings. The second kappa shape index (κ2) is 18.5. The zero-order valence-electron chi connectivity index (χ0n) is 11.8. The van der Waals surface area contributed by atoms with Crippen LogP contribution in [0.4, 0.5) is 0 Å². The Balaban J connectivity index is -0.000000266. The molecule has 0 radical (unpaired) electrons. The van der Waals surface area contributed by atoms with Gasteiger partial charge in [0.25, 0.3) is 0 Å². The van der Waals surface area contributed by atoms with E-state index in [0.29, 0.717) is 0 Å². The van der Waals surface area contributed by atoms with E-state index in [2.05, 4.69) is 33.8 Å². The highest BCUT2D eigenvalue weighted by Gasteiger charge is 2.05. The number of hydrogen-bond acceptors (Lipinski definition) is 0. The van der Waals surface area contributed by atoms with Gasteiger partial charge in [-0.3, -0.25) is 0 Å². The third kappa shape index (κ3) is 9.83. The van der Waals surface area contributed by atoms with Gasteiger partial charge in [0, 0.05) is 0 Å². The number of hydrogen-bond donors (Lipinski definition) is 0. The smallest absolute Gasteiger partial charge is 0.0209 e. The molecule has 0 spiro atoms. The van der Waals surface area contributed by atoms with E-state index in [-0.39, 0.29) is 0 Å². The van der Waals surface area contributed by atoms with Crippen LogP contribution in [0.25, 0.3) is 0 Å². The fraction of sp³-hybridized carbons (Fsp3) is 0.857. The summed E-state index contributed by atoms with van der Waals surface area (Å²) in [6, 6.07) is 0. The minimum absolute atomic E-state index is 0.843. The van der Waals surface area contributed by atoms with E-state index in [9.17, 15) is 0 Å². The molecule has 0 N–H and O–H groups in total. The quantitative estimate of drug-likeness (QED) is 0.501. The van der Waals surface area contributed by atoms with Crippen LogP contribution in [-0.2, 0) is 0 Å². The van der Waals surface area contributed by atoms with E-state index in [1.54, 1.807) is 5.57 Å². The molecular formula is C14H32. The van der Waals surface area contributed by atoms with Crippen LogP contribution in [-0.4, -0.2) is 0 Å². The van der Waals surface area contributed by atoms with Gasteiger partial charge in [-0.2, -0.15) is 0 Å². The maximum Gasteiger partial charge on any atom is -0.0209 e. The fourth-order valence-corrected chi connectivity index (χ4v) is 1.54. The zero-order chi connectivity index (χ0) is 12.0. The van der Waals surface area contributed by atoms with Crippen LogP contribution in [0, 0.1) is 5.92 Å². The summed E-state index contributed by atoms with van der Waals surface area (Å²) in [5.74, 6) is 0.843. The molecule has 0 aliphatic rings. The molecule has 0 nitrogen and oxygen atoms in total. The van der Waals surface area contributed by atoms with E-state index in [4.69, 9.17) is 0 Å².